The largest absolute Gasteiger partial charge is 0.522 e. The molecule has 0 aromatic carbocycles. The second-order valence-corrected chi connectivity index (χ2v) is 10.2. The fourth-order valence-electron chi connectivity index (χ4n) is 5.38. The van der Waals surface area contributed by atoms with E-state index < -0.39 is 83.4 Å². The molecule has 5 atom stereocenters. The second-order valence-electron chi connectivity index (χ2n) is 10.2. The highest BCUT2D eigenvalue weighted by atomic mass is 19.4. The predicted octanol–water partition coefficient (Wildman–Crippen LogP) is 1.91. The van der Waals surface area contributed by atoms with Crippen molar-refractivity contribution < 1.29 is 54.8 Å². The molecule has 2 saturated heterocycles. The third-order valence-electron chi connectivity index (χ3n) is 7.52. The van der Waals surface area contributed by atoms with Gasteiger partial charge in [0.15, 0.2) is 11.5 Å². The first-order valence-corrected chi connectivity index (χ1v) is 11.7. The number of hydrogen-bond acceptors (Lipinski definition) is 7. The molecule has 1 unspecified atom stereocenters. The SMILES string of the molecule is CC1(C)[C@@H]2[C@@H](C(=O)NC(C[C@@H]3CCNC3=O)C(=O)COC(F)(F)F)N(C(=O)c3cc(C(F)(F)F)no3)C[C@@H]21. The van der Waals surface area contributed by atoms with Crippen molar-refractivity contribution in [3.05, 3.63) is 17.5 Å². The van der Waals surface area contributed by atoms with Gasteiger partial charge in [0, 0.05) is 25.1 Å². The highest BCUT2D eigenvalue weighted by molar-refractivity contribution is 5.98. The molecule has 2 aliphatic heterocycles. The topological polar surface area (TPSA) is 131 Å². The minimum Gasteiger partial charge on any atom is -0.356 e. The van der Waals surface area contributed by atoms with Crippen LogP contribution in [0.15, 0.2) is 10.6 Å². The third kappa shape index (κ3) is 5.49. The number of carbonyl (C=O) groups is 4. The van der Waals surface area contributed by atoms with E-state index in [1.54, 1.807) is 0 Å². The number of ketones is 1. The number of amides is 3. The zero-order chi connectivity index (χ0) is 28.2. The van der Waals surface area contributed by atoms with E-state index in [1.807, 2.05) is 13.8 Å². The van der Waals surface area contributed by atoms with Crippen LogP contribution in [0.3, 0.4) is 0 Å². The van der Waals surface area contributed by atoms with Gasteiger partial charge in [-0.2, -0.15) is 13.2 Å². The van der Waals surface area contributed by atoms with Gasteiger partial charge in [0.1, 0.15) is 12.6 Å². The average molecular weight is 554 g/mol. The summed E-state index contributed by atoms with van der Waals surface area (Å²) in [5.41, 5.74) is -1.86. The second kappa shape index (κ2) is 9.54. The van der Waals surface area contributed by atoms with Gasteiger partial charge in [-0.1, -0.05) is 19.0 Å². The number of alkyl halides is 6. The van der Waals surface area contributed by atoms with Gasteiger partial charge in [0.2, 0.25) is 17.6 Å². The number of carbonyl (C=O) groups excluding carboxylic acids is 4. The van der Waals surface area contributed by atoms with E-state index in [-0.39, 0.29) is 31.8 Å². The Balaban J connectivity index is 1.54. The standard InChI is InChI=1S/C22H24F6N4O6/c1-20(2)10-7-32(19(36)13-6-14(31-38-13)21(23,24)25)16(15(10)20)18(35)30-11(5-9-3-4-29-17(9)34)12(33)8-37-22(26,27)28/h6,9-11,15-16H,3-5,7-8H2,1-2H3,(H,29,34)(H,30,35)/t9-,10-,11?,15-,16-/m0/s1. The summed E-state index contributed by atoms with van der Waals surface area (Å²) in [5.74, 6) is -5.63. The van der Waals surface area contributed by atoms with Gasteiger partial charge in [0.05, 0.1) is 6.04 Å². The monoisotopic (exact) mass is 554 g/mol. The van der Waals surface area contributed by atoms with Crippen molar-refractivity contribution in [2.24, 2.45) is 23.2 Å². The molecule has 3 heterocycles. The molecule has 3 fully saturated rings. The smallest absolute Gasteiger partial charge is 0.356 e. The number of ether oxygens (including phenoxy) is 1. The summed E-state index contributed by atoms with van der Waals surface area (Å²) in [6, 6.07) is -2.39. The van der Waals surface area contributed by atoms with Gasteiger partial charge in [0.25, 0.3) is 5.91 Å². The number of nitrogens with one attached hydrogen (secondary N) is 2. The highest BCUT2D eigenvalue weighted by Crippen LogP contribution is 2.65. The zero-order valence-corrected chi connectivity index (χ0v) is 20.1. The Morgan fingerprint density at radius 2 is 1.95 bits per heavy atom. The van der Waals surface area contributed by atoms with E-state index in [9.17, 15) is 45.5 Å². The molecule has 4 rings (SSSR count). The van der Waals surface area contributed by atoms with Gasteiger partial charge in [-0.05, 0) is 30.1 Å². The number of aromatic nitrogens is 1. The van der Waals surface area contributed by atoms with Crippen LogP contribution >= 0.6 is 0 Å². The van der Waals surface area contributed by atoms with Crippen LogP contribution in [-0.2, 0) is 25.3 Å². The van der Waals surface area contributed by atoms with Crippen LogP contribution in [0, 0.1) is 23.2 Å². The number of nitrogens with zero attached hydrogens (tertiary/aromatic N) is 2. The Kier molecular flexibility index (Phi) is 6.99. The molecule has 0 radical (unpaired) electrons. The molecular weight excluding hydrogens is 530 g/mol. The van der Waals surface area contributed by atoms with Crippen molar-refractivity contribution in [1.29, 1.82) is 0 Å². The van der Waals surface area contributed by atoms with Crippen LogP contribution in [0.5, 0.6) is 0 Å². The molecule has 1 saturated carbocycles. The molecule has 210 valence electrons. The Morgan fingerprint density at radius 3 is 2.50 bits per heavy atom. The molecule has 16 heteroatoms. The van der Waals surface area contributed by atoms with Crippen molar-refractivity contribution in [2.75, 3.05) is 19.7 Å². The molecule has 0 bridgehead atoms. The van der Waals surface area contributed by atoms with Crippen molar-refractivity contribution in [1.82, 2.24) is 20.7 Å². The lowest BCUT2D eigenvalue weighted by Gasteiger charge is -2.31. The van der Waals surface area contributed by atoms with Gasteiger partial charge < -0.3 is 20.1 Å². The summed E-state index contributed by atoms with van der Waals surface area (Å²) < 4.78 is 84.5. The lowest BCUT2D eigenvalue weighted by atomic mass is 9.94. The number of Topliss-reactive ketones (excluding diaryl/α,β-unsaturated/α-hetero) is 1. The molecule has 1 aromatic rings. The lowest BCUT2D eigenvalue weighted by molar-refractivity contribution is -0.321. The first kappa shape index (κ1) is 27.9. The van der Waals surface area contributed by atoms with Gasteiger partial charge >= 0.3 is 12.5 Å². The maximum absolute atomic E-state index is 13.4. The van der Waals surface area contributed by atoms with Crippen LogP contribution in [0.2, 0.25) is 0 Å². The Labute approximate surface area is 211 Å². The first-order valence-electron chi connectivity index (χ1n) is 11.7. The van der Waals surface area contributed by atoms with Crippen LogP contribution in [-0.4, -0.2) is 71.7 Å². The highest BCUT2D eigenvalue weighted by Gasteiger charge is 2.69. The molecule has 10 nitrogen and oxygen atoms in total. The van der Waals surface area contributed by atoms with Crippen molar-refractivity contribution in [3.63, 3.8) is 0 Å². The molecular formula is C22H24F6N4O6. The normalized spacial score (nSPS) is 27.1. The number of likely N-dealkylation sites (tertiary alicyclic amines) is 1. The summed E-state index contributed by atoms with van der Waals surface area (Å²) in [6.07, 6.45) is -9.99. The Hall–Kier alpha value is -3.17. The number of hydrogen-bond donors (Lipinski definition) is 2. The summed E-state index contributed by atoms with van der Waals surface area (Å²) in [6.45, 7) is 2.52. The maximum atomic E-state index is 13.4. The van der Waals surface area contributed by atoms with E-state index in [0.29, 0.717) is 6.07 Å². The third-order valence-corrected chi connectivity index (χ3v) is 7.52. The van der Waals surface area contributed by atoms with E-state index >= 15 is 0 Å². The number of rotatable bonds is 8. The van der Waals surface area contributed by atoms with Gasteiger partial charge in [-0.25, -0.2) is 0 Å². The van der Waals surface area contributed by atoms with E-state index in [0.717, 1.165) is 4.90 Å². The minimum absolute atomic E-state index is 0.00251. The molecule has 0 spiro atoms. The average Bonchev–Trinajstić information content (AvgIpc) is 3.35. The summed E-state index contributed by atoms with van der Waals surface area (Å²) in [5, 5.41) is 7.75. The van der Waals surface area contributed by atoms with Crippen molar-refractivity contribution in [3.8, 4) is 0 Å². The van der Waals surface area contributed by atoms with Crippen molar-refractivity contribution >= 4 is 23.5 Å². The van der Waals surface area contributed by atoms with Crippen LogP contribution in [0.4, 0.5) is 26.3 Å². The maximum Gasteiger partial charge on any atom is 0.522 e. The number of halogens is 6. The van der Waals surface area contributed by atoms with E-state index in [2.05, 4.69) is 25.1 Å². The van der Waals surface area contributed by atoms with Crippen LogP contribution < -0.4 is 10.6 Å². The predicted molar refractivity (Wildman–Crippen MR) is 112 cm³/mol. The number of fused-ring (bicyclic) bond motifs is 1. The summed E-state index contributed by atoms with van der Waals surface area (Å²) >= 11 is 0. The van der Waals surface area contributed by atoms with Crippen LogP contribution in [0.1, 0.15) is 42.9 Å². The van der Waals surface area contributed by atoms with Gasteiger partial charge in [-0.3, -0.25) is 23.9 Å². The fraction of sp³-hybridized carbons (Fsp3) is 0.682. The molecule has 3 amide bonds. The fourth-order valence-corrected chi connectivity index (χ4v) is 5.38. The number of piperidine rings is 1. The van der Waals surface area contributed by atoms with Crippen LogP contribution in [0.25, 0.3) is 0 Å². The Bertz CT molecular complexity index is 1130. The van der Waals surface area contributed by atoms with Crippen molar-refractivity contribution in [2.45, 2.75) is 51.3 Å². The first-order chi connectivity index (χ1) is 17.5. The Morgan fingerprint density at radius 1 is 1.26 bits per heavy atom. The van der Waals surface area contributed by atoms with E-state index in [4.69, 9.17) is 0 Å². The van der Waals surface area contributed by atoms with E-state index in [1.165, 1.54) is 0 Å². The molecule has 3 aliphatic rings. The summed E-state index contributed by atoms with van der Waals surface area (Å²) in [4.78, 5) is 52.0. The molecule has 2 N–H and O–H groups in total. The quantitative estimate of drug-likeness (QED) is 0.470. The molecule has 1 aliphatic carbocycles. The zero-order valence-electron chi connectivity index (χ0n) is 20.1. The molecule has 38 heavy (non-hydrogen) atoms. The van der Waals surface area contributed by atoms with Gasteiger partial charge in [-0.15, -0.1) is 13.2 Å². The summed E-state index contributed by atoms with van der Waals surface area (Å²) in [7, 11) is 0. The minimum atomic E-state index is -5.11. The lowest BCUT2D eigenvalue weighted by Crippen LogP contribution is -2.54. The molecule has 1 aromatic heterocycles.